The van der Waals surface area contributed by atoms with Gasteiger partial charge in [0.25, 0.3) is 0 Å². The van der Waals surface area contributed by atoms with Crippen LogP contribution in [0.3, 0.4) is 0 Å². The van der Waals surface area contributed by atoms with E-state index < -0.39 is 4.92 Å². The third-order valence-corrected chi connectivity index (χ3v) is 3.75. The number of hydrogen-bond donors (Lipinski definition) is 1. The molecule has 5 nitrogen and oxygen atoms in total. The van der Waals surface area contributed by atoms with Gasteiger partial charge < -0.3 is 10.5 Å². The first kappa shape index (κ1) is 13.5. The standard InChI is InChI=1S/C12H15IN2O3/c13-8-4-5-12(11(6-8)15(16)17)18-10-3-1-2-9(14)7-10/h4-6,9-10H,1-3,7,14H2. The fourth-order valence-electron chi connectivity index (χ4n) is 2.20. The van der Waals surface area contributed by atoms with Gasteiger partial charge in [0.2, 0.25) is 0 Å². The van der Waals surface area contributed by atoms with Crippen LogP contribution in [0, 0.1) is 13.7 Å². The highest BCUT2D eigenvalue weighted by molar-refractivity contribution is 14.1. The molecule has 0 heterocycles. The molecule has 2 rings (SSSR count). The Morgan fingerprint density at radius 1 is 1.44 bits per heavy atom. The minimum atomic E-state index is -0.403. The first-order chi connectivity index (χ1) is 8.56. The average molecular weight is 362 g/mol. The van der Waals surface area contributed by atoms with Gasteiger partial charge in [0.05, 0.1) is 4.92 Å². The maximum Gasteiger partial charge on any atom is 0.311 e. The highest BCUT2D eigenvalue weighted by Gasteiger charge is 2.24. The van der Waals surface area contributed by atoms with Crippen LogP contribution in [0.2, 0.25) is 0 Å². The lowest BCUT2D eigenvalue weighted by molar-refractivity contribution is -0.386. The molecule has 2 atom stereocenters. The molecule has 0 radical (unpaired) electrons. The van der Waals surface area contributed by atoms with Crippen molar-refractivity contribution in [1.82, 2.24) is 0 Å². The van der Waals surface area contributed by atoms with Crippen LogP contribution >= 0.6 is 22.6 Å². The summed E-state index contributed by atoms with van der Waals surface area (Å²) in [5, 5.41) is 11.0. The van der Waals surface area contributed by atoms with Crippen LogP contribution in [-0.2, 0) is 0 Å². The highest BCUT2D eigenvalue weighted by atomic mass is 127. The Morgan fingerprint density at radius 3 is 2.89 bits per heavy atom. The summed E-state index contributed by atoms with van der Waals surface area (Å²) in [6.07, 6.45) is 3.70. The number of nitrogens with zero attached hydrogens (tertiary/aromatic N) is 1. The van der Waals surface area contributed by atoms with E-state index in [-0.39, 0.29) is 17.8 Å². The van der Waals surface area contributed by atoms with E-state index in [1.54, 1.807) is 6.07 Å². The lowest BCUT2D eigenvalue weighted by Crippen LogP contribution is -2.33. The molecule has 2 N–H and O–H groups in total. The molecule has 0 spiro atoms. The predicted octanol–water partition coefficient (Wildman–Crippen LogP) is 2.85. The lowest BCUT2D eigenvalue weighted by Gasteiger charge is -2.27. The van der Waals surface area contributed by atoms with E-state index in [4.69, 9.17) is 10.5 Å². The first-order valence-corrected chi connectivity index (χ1v) is 7.00. The molecule has 6 heteroatoms. The summed E-state index contributed by atoms with van der Waals surface area (Å²) in [6, 6.07) is 5.15. The van der Waals surface area contributed by atoms with Crippen molar-refractivity contribution < 1.29 is 9.66 Å². The van der Waals surface area contributed by atoms with Gasteiger partial charge in [-0.2, -0.15) is 0 Å². The van der Waals surface area contributed by atoms with Crippen LogP contribution in [0.4, 0.5) is 5.69 Å². The number of nitro groups is 1. The maximum absolute atomic E-state index is 11.0. The first-order valence-electron chi connectivity index (χ1n) is 5.92. The number of halogens is 1. The van der Waals surface area contributed by atoms with Crippen molar-refractivity contribution in [2.24, 2.45) is 5.73 Å². The number of nitro benzene ring substituents is 1. The van der Waals surface area contributed by atoms with E-state index in [0.717, 1.165) is 29.3 Å². The summed E-state index contributed by atoms with van der Waals surface area (Å²) in [6.45, 7) is 0. The summed E-state index contributed by atoms with van der Waals surface area (Å²) < 4.78 is 6.57. The molecule has 18 heavy (non-hydrogen) atoms. The summed E-state index contributed by atoms with van der Waals surface area (Å²) in [5.74, 6) is 0.347. The van der Waals surface area contributed by atoms with Gasteiger partial charge in [0.1, 0.15) is 6.10 Å². The van der Waals surface area contributed by atoms with E-state index in [9.17, 15) is 10.1 Å². The lowest BCUT2D eigenvalue weighted by atomic mass is 9.93. The van der Waals surface area contributed by atoms with Gasteiger partial charge in [0, 0.05) is 15.7 Å². The van der Waals surface area contributed by atoms with E-state index in [2.05, 4.69) is 0 Å². The van der Waals surface area contributed by atoms with Crippen LogP contribution in [0.1, 0.15) is 25.7 Å². The second-order valence-electron chi connectivity index (χ2n) is 4.54. The second-order valence-corrected chi connectivity index (χ2v) is 5.78. The van der Waals surface area contributed by atoms with Crippen LogP contribution in [0.25, 0.3) is 0 Å². The van der Waals surface area contributed by atoms with E-state index in [0.29, 0.717) is 5.75 Å². The molecule has 0 saturated heterocycles. The molecular formula is C12H15IN2O3. The number of rotatable bonds is 3. The third kappa shape index (κ3) is 3.32. The zero-order valence-corrected chi connectivity index (χ0v) is 12.0. The number of ether oxygens (including phenoxy) is 1. The van der Waals surface area contributed by atoms with Gasteiger partial charge in [-0.05, 0) is 60.4 Å². The molecule has 0 aromatic heterocycles. The molecule has 1 aliphatic carbocycles. The van der Waals surface area contributed by atoms with Crippen LogP contribution in [0.5, 0.6) is 5.75 Å². The zero-order chi connectivity index (χ0) is 13.1. The van der Waals surface area contributed by atoms with Gasteiger partial charge in [-0.1, -0.05) is 0 Å². The Bertz CT molecular complexity index is 453. The predicted molar refractivity (Wildman–Crippen MR) is 76.7 cm³/mol. The Kier molecular flexibility index (Phi) is 4.39. The topological polar surface area (TPSA) is 78.4 Å². The molecule has 98 valence electrons. The van der Waals surface area contributed by atoms with Crippen molar-refractivity contribution in [2.75, 3.05) is 0 Å². The minimum absolute atomic E-state index is 0.00693. The molecule has 1 aliphatic rings. The molecule has 1 aromatic rings. The van der Waals surface area contributed by atoms with Crippen LogP contribution in [-0.4, -0.2) is 17.1 Å². The maximum atomic E-state index is 11.0. The molecule has 1 saturated carbocycles. The van der Waals surface area contributed by atoms with Crippen molar-refractivity contribution in [3.05, 3.63) is 31.9 Å². The zero-order valence-electron chi connectivity index (χ0n) is 9.84. The summed E-state index contributed by atoms with van der Waals surface area (Å²) in [4.78, 5) is 10.6. The van der Waals surface area contributed by atoms with Crippen molar-refractivity contribution in [1.29, 1.82) is 0 Å². The monoisotopic (exact) mass is 362 g/mol. The Hall–Kier alpha value is -0.890. The van der Waals surface area contributed by atoms with Gasteiger partial charge >= 0.3 is 5.69 Å². The molecule has 0 amide bonds. The Morgan fingerprint density at radius 2 is 2.22 bits per heavy atom. The van der Waals surface area contributed by atoms with Crippen molar-refractivity contribution in [3.63, 3.8) is 0 Å². The van der Waals surface area contributed by atoms with E-state index in [1.807, 2.05) is 28.7 Å². The number of benzene rings is 1. The molecule has 0 aliphatic heterocycles. The van der Waals surface area contributed by atoms with Gasteiger partial charge in [-0.15, -0.1) is 0 Å². The summed E-state index contributed by atoms with van der Waals surface area (Å²) >= 11 is 2.05. The van der Waals surface area contributed by atoms with Gasteiger partial charge in [0.15, 0.2) is 5.75 Å². The van der Waals surface area contributed by atoms with Gasteiger partial charge in [-0.25, -0.2) is 0 Å². The van der Waals surface area contributed by atoms with E-state index in [1.165, 1.54) is 6.07 Å². The number of nitrogens with two attached hydrogens (primary N) is 1. The van der Waals surface area contributed by atoms with Crippen molar-refractivity contribution in [3.8, 4) is 5.75 Å². The molecule has 1 aromatic carbocycles. The largest absolute Gasteiger partial charge is 0.483 e. The minimum Gasteiger partial charge on any atom is -0.483 e. The smallest absolute Gasteiger partial charge is 0.311 e. The van der Waals surface area contributed by atoms with E-state index >= 15 is 0 Å². The molecular weight excluding hydrogens is 347 g/mol. The normalized spacial score (nSPS) is 23.7. The fourth-order valence-corrected chi connectivity index (χ4v) is 2.68. The van der Waals surface area contributed by atoms with Crippen LogP contribution < -0.4 is 10.5 Å². The number of hydrogen-bond acceptors (Lipinski definition) is 4. The quantitative estimate of drug-likeness (QED) is 0.510. The van der Waals surface area contributed by atoms with Gasteiger partial charge in [-0.3, -0.25) is 10.1 Å². The SMILES string of the molecule is NC1CCCC(Oc2ccc(I)cc2[N+](=O)[O-])C1. The highest BCUT2D eigenvalue weighted by Crippen LogP contribution is 2.31. The summed E-state index contributed by atoms with van der Waals surface area (Å²) in [7, 11) is 0. The van der Waals surface area contributed by atoms with Crippen LogP contribution in [0.15, 0.2) is 18.2 Å². The van der Waals surface area contributed by atoms with Crippen molar-refractivity contribution >= 4 is 28.3 Å². The molecule has 1 fully saturated rings. The summed E-state index contributed by atoms with van der Waals surface area (Å²) in [5.41, 5.74) is 5.91. The Labute approximate surface area is 119 Å². The Balaban J connectivity index is 2.15. The third-order valence-electron chi connectivity index (χ3n) is 3.08. The second kappa shape index (κ2) is 5.83. The van der Waals surface area contributed by atoms with Crippen molar-refractivity contribution in [2.45, 2.75) is 37.8 Å². The fraction of sp³-hybridized carbons (Fsp3) is 0.500. The molecule has 0 bridgehead atoms. The average Bonchev–Trinajstić information content (AvgIpc) is 2.31. The molecule has 2 unspecified atom stereocenters.